The fourth-order valence-electron chi connectivity index (χ4n) is 2.26. The van der Waals surface area contributed by atoms with Gasteiger partial charge in [0.15, 0.2) is 11.2 Å². The van der Waals surface area contributed by atoms with Crippen molar-refractivity contribution in [3.05, 3.63) is 33.9 Å². The molecule has 1 aromatic rings. The van der Waals surface area contributed by atoms with Gasteiger partial charge in [-0.3, -0.25) is 14.5 Å². The third-order valence-electron chi connectivity index (χ3n) is 3.37. The summed E-state index contributed by atoms with van der Waals surface area (Å²) in [6.45, 7) is 5.86. The van der Waals surface area contributed by atoms with Crippen LogP contribution in [-0.2, 0) is 0 Å². The van der Waals surface area contributed by atoms with Crippen LogP contribution >= 0.6 is 11.8 Å². The molecular weight excluding hydrogens is 276 g/mol. The average molecular weight is 296 g/mol. The highest BCUT2D eigenvalue weighted by atomic mass is 32.2. The standard InChI is InChI=1S/C14H20N2O3S/c1-11-9-12(17)10-13(19-11)14(18)16-5-3-15(4-6-16)7-8-20-2/h9-10H,3-8H2,1-2H3. The summed E-state index contributed by atoms with van der Waals surface area (Å²) in [5.41, 5.74) is -0.185. The summed E-state index contributed by atoms with van der Waals surface area (Å²) in [5.74, 6) is 1.54. The SMILES string of the molecule is CSCCN1CCN(C(=O)c2cc(=O)cc(C)o2)CC1. The molecule has 0 spiro atoms. The molecule has 5 nitrogen and oxygen atoms in total. The molecule has 6 heteroatoms. The van der Waals surface area contributed by atoms with Crippen molar-refractivity contribution in [1.82, 2.24) is 9.80 Å². The highest BCUT2D eigenvalue weighted by Crippen LogP contribution is 2.09. The van der Waals surface area contributed by atoms with Gasteiger partial charge in [-0.05, 0) is 13.2 Å². The zero-order valence-corrected chi connectivity index (χ0v) is 12.7. The van der Waals surface area contributed by atoms with Gasteiger partial charge in [-0.1, -0.05) is 0 Å². The first-order valence-corrected chi connectivity index (χ1v) is 8.12. The molecule has 0 unspecified atom stereocenters. The first-order valence-electron chi connectivity index (χ1n) is 6.72. The second-order valence-corrected chi connectivity index (χ2v) is 5.88. The van der Waals surface area contributed by atoms with Crippen molar-refractivity contribution in [1.29, 1.82) is 0 Å². The molecule has 0 N–H and O–H groups in total. The number of nitrogens with zero attached hydrogens (tertiary/aromatic N) is 2. The van der Waals surface area contributed by atoms with Crippen LogP contribution in [0.2, 0.25) is 0 Å². The Morgan fingerprint density at radius 3 is 2.60 bits per heavy atom. The van der Waals surface area contributed by atoms with Crippen LogP contribution in [0.3, 0.4) is 0 Å². The third-order valence-corrected chi connectivity index (χ3v) is 3.96. The summed E-state index contributed by atoms with van der Waals surface area (Å²) >= 11 is 1.83. The second-order valence-electron chi connectivity index (χ2n) is 4.89. The lowest BCUT2D eigenvalue weighted by molar-refractivity contribution is 0.0609. The maximum atomic E-state index is 12.3. The molecule has 1 aliphatic rings. The quantitative estimate of drug-likeness (QED) is 0.832. The highest BCUT2D eigenvalue weighted by molar-refractivity contribution is 7.98. The molecule has 20 heavy (non-hydrogen) atoms. The Morgan fingerprint density at radius 1 is 1.30 bits per heavy atom. The topological polar surface area (TPSA) is 53.8 Å². The van der Waals surface area contributed by atoms with Crippen molar-refractivity contribution in [2.75, 3.05) is 44.7 Å². The molecule has 0 radical (unpaired) electrons. The van der Waals surface area contributed by atoms with Crippen molar-refractivity contribution in [3.8, 4) is 0 Å². The van der Waals surface area contributed by atoms with E-state index in [1.807, 2.05) is 11.8 Å². The smallest absolute Gasteiger partial charge is 0.289 e. The van der Waals surface area contributed by atoms with Crippen molar-refractivity contribution in [2.24, 2.45) is 0 Å². The maximum Gasteiger partial charge on any atom is 0.289 e. The lowest BCUT2D eigenvalue weighted by atomic mass is 10.2. The van der Waals surface area contributed by atoms with Crippen LogP contribution in [0, 0.1) is 6.92 Å². The summed E-state index contributed by atoms with van der Waals surface area (Å²) in [6.07, 6.45) is 2.10. The molecule has 0 aromatic carbocycles. The summed E-state index contributed by atoms with van der Waals surface area (Å²) in [4.78, 5) is 27.8. The molecular formula is C14H20N2O3S. The lowest BCUT2D eigenvalue weighted by Crippen LogP contribution is -2.49. The van der Waals surface area contributed by atoms with Crippen LogP contribution in [0.15, 0.2) is 21.3 Å². The van der Waals surface area contributed by atoms with E-state index in [2.05, 4.69) is 11.2 Å². The molecule has 1 aromatic heterocycles. The predicted octanol–water partition coefficient (Wildman–Crippen LogP) is 1.07. The molecule has 1 aliphatic heterocycles. The van der Waals surface area contributed by atoms with Gasteiger partial charge in [0.05, 0.1) is 0 Å². The van der Waals surface area contributed by atoms with E-state index in [9.17, 15) is 9.59 Å². The van der Waals surface area contributed by atoms with Crippen LogP contribution in [0.5, 0.6) is 0 Å². The molecule has 0 bridgehead atoms. The van der Waals surface area contributed by atoms with E-state index >= 15 is 0 Å². The van der Waals surface area contributed by atoms with E-state index in [0.717, 1.165) is 25.4 Å². The van der Waals surface area contributed by atoms with Crippen molar-refractivity contribution in [2.45, 2.75) is 6.92 Å². The monoisotopic (exact) mass is 296 g/mol. The van der Waals surface area contributed by atoms with Gasteiger partial charge in [-0.2, -0.15) is 11.8 Å². The number of carbonyl (C=O) groups excluding carboxylic acids is 1. The van der Waals surface area contributed by atoms with E-state index < -0.39 is 0 Å². The van der Waals surface area contributed by atoms with Crippen molar-refractivity contribution < 1.29 is 9.21 Å². The van der Waals surface area contributed by atoms with E-state index in [1.54, 1.807) is 11.8 Å². The molecule has 1 fully saturated rings. The molecule has 2 heterocycles. The number of piperazine rings is 1. The number of carbonyl (C=O) groups is 1. The largest absolute Gasteiger partial charge is 0.456 e. The second kappa shape index (κ2) is 6.95. The van der Waals surface area contributed by atoms with Gasteiger partial charge in [0.25, 0.3) is 5.91 Å². The Bertz CT molecular complexity index is 521. The highest BCUT2D eigenvalue weighted by Gasteiger charge is 2.23. The van der Waals surface area contributed by atoms with Crippen molar-refractivity contribution >= 4 is 17.7 Å². The predicted molar refractivity (Wildman–Crippen MR) is 80.4 cm³/mol. The van der Waals surface area contributed by atoms with E-state index in [1.165, 1.54) is 12.1 Å². The fraction of sp³-hybridized carbons (Fsp3) is 0.571. The molecule has 2 rings (SSSR count). The number of rotatable bonds is 4. The van der Waals surface area contributed by atoms with Gasteiger partial charge in [-0.15, -0.1) is 0 Å². The number of hydrogen-bond acceptors (Lipinski definition) is 5. The molecule has 110 valence electrons. The Morgan fingerprint density at radius 2 is 2.00 bits per heavy atom. The van der Waals surface area contributed by atoms with E-state index in [-0.39, 0.29) is 17.1 Å². The van der Waals surface area contributed by atoms with Crippen LogP contribution in [0.1, 0.15) is 16.3 Å². The fourth-order valence-corrected chi connectivity index (χ4v) is 2.70. The minimum Gasteiger partial charge on any atom is -0.456 e. The third kappa shape index (κ3) is 3.86. The Kier molecular flexibility index (Phi) is 5.25. The molecule has 0 atom stereocenters. The van der Waals surface area contributed by atoms with Crippen LogP contribution in [-0.4, -0.2) is 60.4 Å². The average Bonchev–Trinajstić information content (AvgIpc) is 2.44. The number of amides is 1. The van der Waals surface area contributed by atoms with E-state index in [0.29, 0.717) is 18.8 Å². The van der Waals surface area contributed by atoms with Gasteiger partial charge in [0.1, 0.15) is 5.76 Å². The van der Waals surface area contributed by atoms with Gasteiger partial charge in [-0.25, -0.2) is 0 Å². The first-order chi connectivity index (χ1) is 9.60. The van der Waals surface area contributed by atoms with E-state index in [4.69, 9.17) is 4.42 Å². The molecule has 1 amide bonds. The normalized spacial score (nSPS) is 16.4. The molecule has 1 saturated heterocycles. The van der Waals surface area contributed by atoms with Crippen LogP contribution < -0.4 is 5.43 Å². The van der Waals surface area contributed by atoms with Crippen LogP contribution in [0.4, 0.5) is 0 Å². The Labute approximate surface area is 122 Å². The summed E-state index contributed by atoms with van der Waals surface area (Å²) in [6, 6.07) is 2.66. The number of aryl methyl sites for hydroxylation is 1. The molecule has 0 saturated carbocycles. The Balaban J connectivity index is 1.96. The zero-order valence-electron chi connectivity index (χ0n) is 11.9. The summed E-state index contributed by atoms with van der Waals surface area (Å²) < 4.78 is 5.36. The maximum absolute atomic E-state index is 12.3. The van der Waals surface area contributed by atoms with Gasteiger partial charge < -0.3 is 9.32 Å². The minimum atomic E-state index is -0.185. The number of thioether (sulfide) groups is 1. The Hall–Kier alpha value is -1.27. The summed E-state index contributed by atoms with van der Waals surface area (Å²) in [7, 11) is 0. The summed E-state index contributed by atoms with van der Waals surface area (Å²) in [5, 5.41) is 0. The van der Waals surface area contributed by atoms with Crippen LogP contribution in [0.25, 0.3) is 0 Å². The van der Waals surface area contributed by atoms with Gasteiger partial charge >= 0.3 is 0 Å². The van der Waals surface area contributed by atoms with Gasteiger partial charge in [0.2, 0.25) is 0 Å². The number of hydrogen-bond donors (Lipinski definition) is 0. The lowest BCUT2D eigenvalue weighted by Gasteiger charge is -2.34. The van der Waals surface area contributed by atoms with Gasteiger partial charge in [0, 0.05) is 50.6 Å². The van der Waals surface area contributed by atoms with Crippen molar-refractivity contribution in [3.63, 3.8) is 0 Å². The first kappa shape index (κ1) is 15.1. The minimum absolute atomic E-state index is 0.146. The zero-order chi connectivity index (χ0) is 14.5. The molecule has 0 aliphatic carbocycles.